The highest BCUT2D eigenvalue weighted by atomic mass is 16.7. The molecule has 4 aliphatic rings. The van der Waals surface area contributed by atoms with Gasteiger partial charge in [0, 0.05) is 18.0 Å². The molecule has 2 heterocycles. The Hall–Kier alpha value is -3.11. The van der Waals surface area contributed by atoms with Gasteiger partial charge in [0.05, 0.1) is 17.4 Å². The van der Waals surface area contributed by atoms with Crippen molar-refractivity contribution in [3.05, 3.63) is 40.7 Å². The molecule has 0 aromatic heterocycles. The third kappa shape index (κ3) is 4.99. The number of hydrogen-bond acceptors (Lipinski definition) is 10. The Balaban J connectivity index is 1.46. The zero-order valence-electron chi connectivity index (χ0n) is 25.2. The number of aryl methyl sites for hydroxylation is 1. The van der Waals surface area contributed by atoms with Crippen LogP contribution in [0.4, 0.5) is 4.79 Å². The summed E-state index contributed by atoms with van der Waals surface area (Å²) in [6.45, 7) is 12.8. The maximum absolute atomic E-state index is 13.6. The van der Waals surface area contributed by atoms with E-state index in [0.29, 0.717) is 18.6 Å². The number of likely N-dealkylation sites (N-methyl/N-ethyl adjacent to an activating group) is 1. The Kier molecular flexibility index (Phi) is 6.97. The fourth-order valence-corrected chi connectivity index (χ4v) is 6.86. The van der Waals surface area contributed by atoms with Crippen LogP contribution in [0.15, 0.2) is 24.0 Å². The second kappa shape index (κ2) is 9.73. The molecule has 2 bridgehead atoms. The van der Waals surface area contributed by atoms with Gasteiger partial charge in [0.1, 0.15) is 22.7 Å². The zero-order valence-corrected chi connectivity index (χ0v) is 25.2. The highest BCUT2D eigenvalue weighted by Crippen LogP contribution is 2.64. The van der Waals surface area contributed by atoms with Gasteiger partial charge >= 0.3 is 18.1 Å². The second-order valence-electron chi connectivity index (χ2n) is 13.7. The van der Waals surface area contributed by atoms with Crippen LogP contribution in [-0.4, -0.2) is 76.7 Å². The third-order valence-corrected chi connectivity index (χ3v) is 8.45. The van der Waals surface area contributed by atoms with Gasteiger partial charge in [-0.15, -0.1) is 0 Å². The fourth-order valence-electron chi connectivity index (χ4n) is 6.86. The molecule has 10 heteroatoms. The SMILES string of the molecule is Cc1ccc2c3c1O[C@H]1C(OC(=O)[C@H](CC(=O)OC(C)(C)C)OC(=O)OC(C)(C)C)=CC[C@@]4(O)[C@@H](C2)N(C)CC[C@]314. The lowest BCUT2D eigenvalue weighted by Crippen LogP contribution is -2.74. The van der Waals surface area contributed by atoms with E-state index in [1.807, 2.05) is 20.0 Å². The van der Waals surface area contributed by atoms with Crippen LogP contribution in [0, 0.1) is 6.92 Å². The average molecular weight is 572 g/mol. The van der Waals surface area contributed by atoms with E-state index in [9.17, 15) is 19.5 Å². The summed E-state index contributed by atoms with van der Waals surface area (Å²) in [6, 6.07) is 3.99. The molecular weight excluding hydrogens is 530 g/mol. The van der Waals surface area contributed by atoms with Crippen molar-refractivity contribution in [1.82, 2.24) is 4.90 Å². The predicted octanol–water partition coefficient (Wildman–Crippen LogP) is 3.87. The minimum atomic E-state index is -1.61. The van der Waals surface area contributed by atoms with E-state index < -0.39 is 58.9 Å². The van der Waals surface area contributed by atoms with E-state index in [1.54, 1.807) is 47.6 Å². The second-order valence-corrected chi connectivity index (χ2v) is 13.7. The van der Waals surface area contributed by atoms with E-state index in [2.05, 4.69) is 11.0 Å². The van der Waals surface area contributed by atoms with Crippen molar-refractivity contribution in [3.63, 3.8) is 0 Å². The Labute approximate surface area is 240 Å². The molecule has 1 aromatic carbocycles. The molecule has 0 radical (unpaired) electrons. The van der Waals surface area contributed by atoms with Crippen molar-refractivity contribution in [1.29, 1.82) is 0 Å². The summed E-state index contributed by atoms with van der Waals surface area (Å²) in [5.41, 5.74) is -0.570. The van der Waals surface area contributed by atoms with Crippen LogP contribution in [0.25, 0.3) is 0 Å². The highest BCUT2D eigenvalue weighted by Gasteiger charge is 2.71. The minimum Gasteiger partial charge on any atom is -0.481 e. The minimum absolute atomic E-state index is 0.132. The molecule has 1 spiro atoms. The summed E-state index contributed by atoms with van der Waals surface area (Å²) in [7, 11) is 2.02. The number of ether oxygens (including phenoxy) is 5. The molecule has 2 aliphatic carbocycles. The first-order chi connectivity index (χ1) is 18.9. The smallest absolute Gasteiger partial charge is 0.481 e. The summed E-state index contributed by atoms with van der Waals surface area (Å²) in [6.07, 6.45) is -0.800. The molecular formula is C31H41NO9. The molecule has 0 saturated carbocycles. The van der Waals surface area contributed by atoms with Gasteiger partial charge in [-0.3, -0.25) is 4.79 Å². The van der Waals surface area contributed by atoms with Gasteiger partial charge in [-0.2, -0.15) is 0 Å². The number of aliphatic hydroxyl groups is 1. The van der Waals surface area contributed by atoms with Gasteiger partial charge in [-0.1, -0.05) is 12.1 Å². The first-order valence-electron chi connectivity index (χ1n) is 14.2. The summed E-state index contributed by atoms with van der Waals surface area (Å²) < 4.78 is 28.4. The van der Waals surface area contributed by atoms with Gasteiger partial charge in [0.2, 0.25) is 6.10 Å². The van der Waals surface area contributed by atoms with Crippen LogP contribution in [0.1, 0.15) is 77.5 Å². The standard InChI is InChI=1S/C31H41NO9/c1-17-9-10-18-15-21-31(36)12-11-19(25-30(31,13-14-32(21)8)23(18)24(17)39-25)37-26(34)20(16-22(33)40-28(2,3)4)38-27(35)41-29(5,6)7/h9-11,20-21,25,36H,12-16H2,1-8H3/t20-,21+,25-,30-,31+/m0/s1. The highest BCUT2D eigenvalue weighted by molar-refractivity contribution is 5.84. The third-order valence-electron chi connectivity index (χ3n) is 8.45. The molecule has 0 amide bonds. The van der Waals surface area contributed by atoms with Gasteiger partial charge in [-0.25, -0.2) is 9.59 Å². The summed E-state index contributed by atoms with van der Waals surface area (Å²) in [5.74, 6) is -0.739. The largest absolute Gasteiger partial charge is 0.509 e. The van der Waals surface area contributed by atoms with Crippen LogP contribution in [-0.2, 0) is 40.4 Å². The lowest BCUT2D eigenvalue weighted by Gasteiger charge is -2.61. The molecule has 41 heavy (non-hydrogen) atoms. The maximum Gasteiger partial charge on any atom is 0.509 e. The summed E-state index contributed by atoms with van der Waals surface area (Å²) in [4.78, 5) is 41.0. The molecule has 1 aromatic rings. The Morgan fingerprint density at radius 3 is 2.46 bits per heavy atom. The van der Waals surface area contributed by atoms with E-state index in [0.717, 1.165) is 23.2 Å². The van der Waals surface area contributed by atoms with Crippen molar-refractivity contribution < 1.29 is 43.2 Å². The summed E-state index contributed by atoms with van der Waals surface area (Å²) in [5, 5.41) is 12.3. The Morgan fingerprint density at radius 1 is 1.12 bits per heavy atom. The van der Waals surface area contributed by atoms with Gasteiger partial charge in [-0.05, 0) is 92.1 Å². The molecule has 1 fully saturated rings. The molecule has 10 nitrogen and oxygen atoms in total. The normalized spacial score (nSPS) is 29.0. The van der Waals surface area contributed by atoms with Crippen LogP contribution < -0.4 is 4.74 Å². The lowest BCUT2D eigenvalue weighted by atomic mass is 9.50. The zero-order chi connectivity index (χ0) is 30.1. The van der Waals surface area contributed by atoms with Crippen LogP contribution in [0.2, 0.25) is 0 Å². The first kappa shape index (κ1) is 29.4. The van der Waals surface area contributed by atoms with Crippen molar-refractivity contribution in [2.24, 2.45) is 0 Å². The van der Waals surface area contributed by atoms with Crippen molar-refractivity contribution >= 4 is 18.1 Å². The van der Waals surface area contributed by atoms with E-state index >= 15 is 0 Å². The molecule has 5 rings (SSSR count). The number of rotatable bonds is 5. The molecule has 224 valence electrons. The topological polar surface area (TPSA) is 121 Å². The Bertz CT molecular complexity index is 1280. The van der Waals surface area contributed by atoms with Crippen LogP contribution in [0.3, 0.4) is 0 Å². The van der Waals surface area contributed by atoms with Gasteiger partial charge < -0.3 is 33.7 Å². The van der Waals surface area contributed by atoms with Crippen molar-refractivity contribution in [2.75, 3.05) is 13.6 Å². The lowest BCUT2D eigenvalue weighted by molar-refractivity contribution is -0.175. The number of hydrogen-bond donors (Lipinski definition) is 1. The average Bonchev–Trinajstić information content (AvgIpc) is 3.18. The number of carbonyl (C=O) groups is 3. The van der Waals surface area contributed by atoms with Crippen LogP contribution >= 0.6 is 0 Å². The van der Waals surface area contributed by atoms with E-state index in [4.69, 9.17) is 23.7 Å². The van der Waals surface area contributed by atoms with Gasteiger partial charge in [0.15, 0.2) is 6.10 Å². The number of esters is 2. The van der Waals surface area contributed by atoms with Crippen LogP contribution in [0.5, 0.6) is 5.75 Å². The van der Waals surface area contributed by atoms with Crippen molar-refractivity contribution in [2.45, 2.75) is 115 Å². The number of carbonyl (C=O) groups excluding carboxylic acids is 3. The molecule has 1 saturated heterocycles. The molecule has 2 aliphatic heterocycles. The predicted molar refractivity (Wildman–Crippen MR) is 147 cm³/mol. The Morgan fingerprint density at radius 2 is 1.80 bits per heavy atom. The number of benzene rings is 1. The monoisotopic (exact) mass is 571 g/mol. The quantitative estimate of drug-likeness (QED) is 0.412. The van der Waals surface area contributed by atoms with Crippen molar-refractivity contribution in [3.8, 4) is 5.75 Å². The number of likely N-dealkylation sites (tertiary alicyclic amines) is 1. The van der Waals surface area contributed by atoms with E-state index in [-0.39, 0.29) is 18.2 Å². The summed E-state index contributed by atoms with van der Waals surface area (Å²) >= 11 is 0. The fraction of sp³-hybridized carbons (Fsp3) is 0.645. The molecule has 5 atom stereocenters. The first-order valence-corrected chi connectivity index (χ1v) is 14.2. The van der Waals surface area contributed by atoms with Gasteiger partial charge in [0.25, 0.3) is 0 Å². The maximum atomic E-state index is 13.6. The molecule has 0 unspecified atom stereocenters. The van der Waals surface area contributed by atoms with E-state index in [1.165, 1.54) is 0 Å². The number of piperidine rings is 1. The number of nitrogens with zero attached hydrogens (tertiary/aromatic N) is 1. The molecule has 1 N–H and O–H groups in total.